The number of sulfonamides is 1. The molecule has 6 nitrogen and oxygen atoms in total. The molecule has 0 aromatic heterocycles. The van der Waals surface area contributed by atoms with Gasteiger partial charge in [-0.3, -0.25) is 4.79 Å². The maximum Gasteiger partial charge on any atom is 0.242 e. The molecule has 0 saturated carbocycles. The molecule has 0 aliphatic rings. The van der Waals surface area contributed by atoms with Gasteiger partial charge in [-0.25, -0.2) is 13.1 Å². The summed E-state index contributed by atoms with van der Waals surface area (Å²) < 4.78 is 27.2. The van der Waals surface area contributed by atoms with E-state index in [1.54, 1.807) is 6.07 Å². The Morgan fingerprint density at radius 1 is 1.38 bits per heavy atom. The number of carbonyl (C=O) groups is 1. The molecule has 1 aromatic carbocycles. The van der Waals surface area contributed by atoms with Gasteiger partial charge in [-0.2, -0.15) is 0 Å². The zero-order valence-electron chi connectivity index (χ0n) is 12.0. The summed E-state index contributed by atoms with van der Waals surface area (Å²) in [5.74, 6) is 0.167. The number of nitrogen functional groups attached to an aromatic ring is 1. The highest BCUT2D eigenvalue weighted by molar-refractivity contribution is 9.10. The molecule has 1 aromatic rings. The lowest BCUT2D eigenvalue weighted by molar-refractivity contribution is -0.121. The van der Waals surface area contributed by atoms with E-state index < -0.39 is 10.0 Å². The number of nitrogens with one attached hydrogen (secondary N) is 2. The van der Waals surface area contributed by atoms with E-state index in [2.05, 4.69) is 26.0 Å². The molecule has 1 rings (SSSR count). The summed E-state index contributed by atoms with van der Waals surface area (Å²) in [4.78, 5) is 11.5. The fourth-order valence-electron chi connectivity index (χ4n) is 1.52. The molecule has 0 heterocycles. The van der Waals surface area contributed by atoms with E-state index in [0.29, 0.717) is 16.9 Å². The Balaban J connectivity index is 2.58. The van der Waals surface area contributed by atoms with E-state index in [9.17, 15) is 13.2 Å². The van der Waals surface area contributed by atoms with E-state index >= 15 is 0 Å². The maximum absolute atomic E-state index is 12.1. The first kappa shape index (κ1) is 17.9. The number of benzene rings is 1. The number of anilines is 1. The summed E-state index contributed by atoms with van der Waals surface area (Å²) in [6.45, 7) is 4.57. The molecule has 0 saturated heterocycles. The minimum atomic E-state index is -3.73. The van der Waals surface area contributed by atoms with Crippen LogP contribution < -0.4 is 15.8 Å². The first-order valence-electron chi connectivity index (χ1n) is 6.54. The fourth-order valence-corrected chi connectivity index (χ4v) is 3.22. The molecule has 0 aliphatic heterocycles. The number of carbonyl (C=O) groups excluding carboxylic acids is 1. The highest BCUT2D eigenvalue weighted by Crippen LogP contribution is 2.22. The predicted octanol–water partition coefficient (Wildman–Crippen LogP) is 1.47. The van der Waals surface area contributed by atoms with Gasteiger partial charge in [0.15, 0.2) is 0 Å². The number of rotatable bonds is 7. The van der Waals surface area contributed by atoms with Crippen LogP contribution in [-0.2, 0) is 14.8 Å². The largest absolute Gasteiger partial charge is 0.398 e. The van der Waals surface area contributed by atoms with Gasteiger partial charge in [-0.05, 0) is 24.1 Å². The van der Waals surface area contributed by atoms with Crippen LogP contribution in [0.1, 0.15) is 20.3 Å². The molecular formula is C13H20BrN3O3S. The molecule has 0 aliphatic carbocycles. The van der Waals surface area contributed by atoms with Gasteiger partial charge in [-0.15, -0.1) is 0 Å². The Bertz CT molecular complexity index is 603. The molecule has 0 spiro atoms. The summed E-state index contributed by atoms with van der Waals surface area (Å²) in [7, 11) is -3.73. The van der Waals surface area contributed by atoms with Gasteiger partial charge in [-0.1, -0.05) is 29.8 Å². The van der Waals surface area contributed by atoms with Crippen LogP contribution in [0.4, 0.5) is 5.69 Å². The Morgan fingerprint density at radius 2 is 2.05 bits per heavy atom. The lowest BCUT2D eigenvalue weighted by atomic mass is 10.2. The quantitative estimate of drug-likeness (QED) is 0.626. The van der Waals surface area contributed by atoms with Crippen molar-refractivity contribution in [1.29, 1.82) is 0 Å². The summed E-state index contributed by atoms with van der Waals surface area (Å²) in [5.41, 5.74) is 5.83. The third-order valence-electron chi connectivity index (χ3n) is 2.62. The van der Waals surface area contributed by atoms with Crippen LogP contribution in [0.2, 0.25) is 0 Å². The number of amides is 1. The van der Waals surface area contributed by atoms with E-state index in [4.69, 9.17) is 5.73 Å². The third-order valence-corrected chi connectivity index (χ3v) is 4.63. The fraction of sp³-hybridized carbons (Fsp3) is 0.462. The predicted molar refractivity (Wildman–Crippen MR) is 86.2 cm³/mol. The van der Waals surface area contributed by atoms with Gasteiger partial charge in [0.1, 0.15) is 4.90 Å². The van der Waals surface area contributed by atoms with Crippen molar-refractivity contribution in [2.24, 2.45) is 5.92 Å². The molecule has 118 valence electrons. The van der Waals surface area contributed by atoms with Gasteiger partial charge in [0.25, 0.3) is 0 Å². The Labute approximate surface area is 133 Å². The number of hydrogen-bond donors (Lipinski definition) is 3. The highest BCUT2D eigenvalue weighted by Gasteiger charge is 2.17. The molecule has 0 bridgehead atoms. The lowest BCUT2D eigenvalue weighted by Crippen LogP contribution is -2.32. The second kappa shape index (κ2) is 7.77. The van der Waals surface area contributed by atoms with Gasteiger partial charge >= 0.3 is 0 Å². The van der Waals surface area contributed by atoms with Gasteiger partial charge in [0.05, 0.1) is 5.69 Å². The monoisotopic (exact) mass is 377 g/mol. The van der Waals surface area contributed by atoms with Crippen LogP contribution in [0.5, 0.6) is 0 Å². The smallest absolute Gasteiger partial charge is 0.242 e. The standard InChI is InChI=1S/C13H20BrN3O3S/c1-9(2)8-16-13(18)5-6-17-21(19,20)12-7-10(14)3-4-11(12)15/h3-4,7,9,17H,5-6,8,15H2,1-2H3,(H,16,18). The topological polar surface area (TPSA) is 101 Å². The van der Waals surface area contributed by atoms with Crippen LogP contribution in [0.15, 0.2) is 27.6 Å². The van der Waals surface area contributed by atoms with Crippen molar-refractivity contribution >= 4 is 37.5 Å². The van der Waals surface area contributed by atoms with Crippen LogP contribution in [0, 0.1) is 5.92 Å². The van der Waals surface area contributed by atoms with Crippen LogP contribution >= 0.6 is 15.9 Å². The van der Waals surface area contributed by atoms with Crippen LogP contribution in [-0.4, -0.2) is 27.4 Å². The lowest BCUT2D eigenvalue weighted by Gasteiger charge is -2.10. The minimum Gasteiger partial charge on any atom is -0.398 e. The third kappa shape index (κ3) is 6.03. The van der Waals surface area contributed by atoms with Crippen molar-refractivity contribution in [3.8, 4) is 0 Å². The summed E-state index contributed by atoms with van der Waals surface area (Å²) in [5, 5.41) is 2.72. The molecule has 0 atom stereocenters. The Morgan fingerprint density at radius 3 is 2.67 bits per heavy atom. The summed E-state index contributed by atoms with van der Waals surface area (Å²) in [6, 6.07) is 4.60. The normalized spacial score (nSPS) is 11.6. The molecule has 0 unspecified atom stereocenters. The summed E-state index contributed by atoms with van der Waals surface area (Å²) in [6.07, 6.45) is 0.0832. The number of nitrogens with two attached hydrogens (primary N) is 1. The Hall–Kier alpha value is -1.12. The van der Waals surface area contributed by atoms with Crippen LogP contribution in [0.3, 0.4) is 0 Å². The van der Waals surface area contributed by atoms with E-state index in [1.807, 2.05) is 13.8 Å². The molecule has 8 heteroatoms. The van der Waals surface area contributed by atoms with E-state index in [-0.39, 0.29) is 29.5 Å². The first-order chi connectivity index (χ1) is 9.72. The van der Waals surface area contributed by atoms with Gasteiger partial charge in [0.2, 0.25) is 15.9 Å². The molecule has 4 N–H and O–H groups in total. The average Bonchev–Trinajstić information content (AvgIpc) is 2.39. The zero-order valence-corrected chi connectivity index (χ0v) is 14.4. The first-order valence-corrected chi connectivity index (χ1v) is 8.81. The second-order valence-electron chi connectivity index (χ2n) is 5.03. The van der Waals surface area contributed by atoms with Crippen molar-refractivity contribution in [1.82, 2.24) is 10.0 Å². The van der Waals surface area contributed by atoms with Gasteiger partial charge < -0.3 is 11.1 Å². The average molecular weight is 378 g/mol. The van der Waals surface area contributed by atoms with E-state index in [1.165, 1.54) is 12.1 Å². The highest BCUT2D eigenvalue weighted by atomic mass is 79.9. The summed E-state index contributed by atoms with van der Waals surface area (Å²) >= 11 is 3.20. The van der Waals surface area contributed by atoms with Crippen molar-refractivity contribution in [3.05, 3.63) is 22.7 Å². The second-order valence-corrected chi connectivity index (χ2v) is 7.68. The molecule has 0 radical (unpaired) electrons. The Kier molecular flexibility index (Phi) is 6.63. The van der Waals surface area contributed by atoms with Crippen molar-refractivity contribution in [2.75, 3.05) is 18.8 Å². The van der Waals surface area contributed by atoms with Crippen molar-refractivity contribution in [2.45, 2.75) is 25.2 Å². The van der Waals surface area contributed by atoms with Crippen molar-refractivity contribution < 1.29 is 13.2 Å². The molecular weight excluding hydrogens is 358 g/mol. The van der Waals surface area contributed by atoms with Crippen molar-refractivity contribution in [3.63, 3.8) is 0 Å². The molecule has 21 heavy (non-hydrogen) atoms. The number of hydrogen-bond acceptors (Lipinski definition) is 4. The van der Waals surface area contributed by atoms with Gasteiger partial charge in [0, 0.05) is 24.0 Å². The SMILES string of the molecule is CC(C)CNC(=O)CCNS(=O)(=O)c1cc(Br)ccc1N. The molecule has 0 fully saturated rings. The van der Waals surface area contributed by atoms with Crippen LogP contribution in [0.25, 0.3) is 0 Å². The zero-order chi connectivity index (χ0) is 16.0. The maximum atomic E-state index is 12.1. The van der Waals surface area contributed by atoms with E-state index in [0.717, 1.165) is 0 Å². The number of halogens is 1. The minimum absolute atomic E-state index is 0.000497. The molecule has 1 amide bonds.